The van der Waals surface area contributed by atoms with Crippen molar-refractivity contribution < 1.29 is 14.6 Å². The maximum absolute atomic E-state index is 12.0. The summed E-state index contributed by atoms with van der Waals surface area (Å²) >= 11 is 5.99. The molecule has 0 aromatic heterocycles. The third-order valence-electron chi connectivity index (χ3n) is 4.39. The minimum Gasteiger partial charge on any atom is -0.396 e. The van der Waals surface area contributed by atoms with Gasteiger partial charge in [-0.1, -0.05) is 23.7 Å². The molecule has 0 spiro atoms. The second-order valence-corrected chi connectivity index (χ2v) is 6.47. The van der Waals surface area contributed by atoms with E-state index in [0.717, 1.165) is 31.2 Å². The Labute approximate surface area is 142 Å². The fraction of sp³-hybridized carbons (Fsp3) is 0.588. The predicted molar refractivity (Wildman–Crippen MR) is 90.6 cm³/mol. The first-order valence-corrected chi connectivity index (χ1v) is 8.43. The van der Waals surface area contributed by atoms with Crippen LogP contribution in [0.3, 0.4) is 0 Å². The van der Waals surface area contributed by atoms with Gasteiger partial charge < -0.3 is 20.5 Å². The Morgan fingerprint density at radius 2 is 2.13 bits per heavy atom. The highest BCUT2D eigenvalue weighted by molar-refractivity contribution is 6.30. The fourth-order valence-electron chi connectivity index (χ4n) is 2.96. The summed E-state index contributed by atoms with van der Waals surface area (Å²) in [5.74, 6) is 0.386. The van der Waals surface area contributed by atoms with Gasteiger partial charge in [0.1, 0.15) is 0 Å². The number of aliphatic hydroxyl groups excluding tert-OH is 1. The number of halogens is 1. The molecule has 1 unspecified atom stereocenters. The SMILES string of the molecule is COC(CNC(=O)NC1CCC(CO)CC1)c1cccc(Cl)c1. The minimum atomic E-state index is -0.232. The van der Waals surface area contributed by atoms with Crippen molar-refractivity contribution in [3.63, 3.8) is 0 Å². The van der Waals surface area contributed by atoms with Crippen LogP contribution >= 0.6 is 11.6 Å². The Hall–Kier alpha value is -1.30. The molecule has 1 atom stereocenters. The van der Waals surface area contributed by atoms with Crippen LogP contribution in [0.25, 0.3) is 0 Å². The molecule has 1 aliphatic rings. The molecule has 5 nitrogen and oxygen atoms in total. The number of urea groups is 1. The van der Waals surface area contributed by atoms with Gasteiger partial charge >= 0.3 is 6.03 Å². The van der Waals surface area contributed by atoms with Crippen molar-refractivity contribution >= 4 is 17.6 Å². The number of amides is 2. The molecule has 3 N–H and O–H groups in total. The number of benzene rings is 1. The zero-order chi connectivity index (χ0) is 16.7. The lowest BCUT2D eigenvalue weighted by molar-refractivity contribution is 0.103. The maximum Gasteiger partial charge on any atom is 0.315 e. The van der Waals surface area contributed by atoms with Crippen LogP contribution in [0, 0.1) is 5.92 Å². The number of methoxy groups -OCH3 is 1. The third kappa shape index (κ3) is 5.68. The first-order valence-electron chi connectivity index (χ1n) is 8.06. The van der Waals surface area contributed by atoms with E-state index in [-0.39, 0.29) is 24.8 Å². The highest BCUT2D eigenvalue weighted by Crippen LogP contribution is 2.23. The molecule has 1 fully saturated rings. The molecule has 1 saturated carbocycles. The van der Waals surface area contributed by atoms with Crippen molar-refractivity contribution in [3.05, 3.63) is 34.9 Å². The van der Waals surface area contributed by atoms with E-state index >= 15 is 0 Å². The predicted octanol–water partition coefficient (Wildman–Crippen LogP) is 2.88. The van der Waals surface area contributed by atoms with E-state index in [4.69, 9.17) is 21.4 Å². The van der Waals surface area contributed by atoms with E-state index in [1.807, 2.05) is 18.2 Å². The van der Waals surface area contributed by atoms with Crippen molar-refractivity contribution in [2.45, 2.75) is 37.8 Å². The molecule has 0 saturated heterocycles. The summed E-state index contributed by atoms with van der Waals surface area (Å²) in [6.45, 7) is 0.628. The largest absolute Gasteiger partial charge is 0.396 e. The monoisotopic (exact) mass is 340 g/mol. The Morgan fingerprint density at radius 1 is 1.39 bits per heavy atom. The van der Waals surface area contributed by atoms with Crippen LogP contribution in [-0.4, -0.2) is 37.4 Å². The van der Waals surface area contributed by atoms with Gasteiger partial charge in [-0.05, 0) is 49.3 Å². The molecule has 2 rings (SSSR count). The van der Waals surface area contributed by atoms with Gasteiger partial charge in [0, 0.05) is 31.3 Å². The average Bonchev–Trinajstić information content (AvgIpc) is 2.56. The molecule has 1 aromatic carbocycles. The highest BCUT2D eigenvalue weighted by atomic mass is 35.5. The van der Waals surface area contributed by atoms with Gasteiger partial charge in [-0.15, -0.1) is 0 Å². The van der Waals surface area contributed by atoms with Crippen molar-refractivity contribution in [1.82, 2.24) is 10.6 Å². The second-order valence-electron chi connectivity index (χ2n) is 6.03. The first kappa shape index (κ1) is 18.0. The lowest BCUT2D eigenvalue weighted by Gasteiger charge is -2.28. The smallest absolute Gasteiger partial charge is 0.315 e. The maximum atomic E-state index is 12.0. The topological polar surface area (TPSA) is 70.6 Å². The second kappa shape index (κ2) is 9.11. The number of carbonyl (C=O) groups is 1. The van der Waals surface area contributed by atoms with Crippen LogP contribution in [0.15, 0.2) is 24.3 Å². The Morgan fingerprint density at radius 3 is 2.74 bits per heavy atom. The molecule has 0 bridgehead atoms. The standard InChI is InChI=1S/C17H25ClN2O3/c1-23-16(13-3-2-4-14(18)9-13)10-19-17(22)20-15-7-5-12(11-21)6-8-15/h2-4,9,12,15-16,21H,5-8,10-11H2,1H3,(H2,19,20,22). The van der Waals surface area contributed by atoms with Gasteiger partial charge in [0.25, 0.3) is 0 Å². The lowest BCUT2D eigenvalue weighted by atomic mass is 9.87. The number of hydrogen-bond donors (Lipinski definition) is 3. The van der Waals surface area contributed by atoms with Crippen LogP contribution in [0.1, 0.15) is 37.4 Å². The zero-order valence-electron chi connectivity index (χ0n) is 13.4. The van der Waals surface area contributed by atoms with Gasteiger partial charge in [-0.25, -0.2) is 4.79 Å². The van der Waals surface area contributed by atoms with Crippen LogP contribution in [0.4, 0.5) is 4.79 Å². The van der Waals surface area contributed by atoms with Crippen molar-refractivity contribution in [3.8, 4) is 0 Å². The summed E-state index contributed by atoms with van der Waals surface area (Å²) < 4.78 is 5.43. The highest BCUT2D eigenvalue weighted by Gasteiger charge is 2.22. The molecule has 1 aromatic rings. The number of nitrogens with one attached hydrogen (secondary N) is 2. The van der Waals surface area contributed by atoms with Gasteiger partial charge in [0.15, 0.2) is 0 Å². The van der Waals surface area contributed by atoms with Crippen LogP contribution in [0.2, 0.25) is 5.02 Å². The number of ether oxygens (including phenoxy) is 1. The molecule has 0 aliphatic heterocycles. The van der Waals surface area contributed by atoms with Crippen LogP contribution in [0.5, 0.6) is 0 Å². The van der Waals surface area contributed by atoms with Gasteiger partial charge in [0.2, 0.25) is 0 Å². The van der Waals surface area contributed by atoms with E-state index in [1.165, 1.54) is 0 Å². The molecule has 0 heterocycles. The van der Waals surface area contributed by atoms with Gasteiger partial charge in [-0.2, -0.15) is 0 Å². The van der Waals surface area contributed by atoms with Gasteiger partial charge in [-0.3, -0.25) is 0 Å². The van der Waals surface area contributed by atoms with Crippen LogP contribution < -0.4 is 10.6 Å². The molecule has 0 radical (unpaired) electrons. The number of carbonyl (C=O) groups excluding carboxylic acids is 1. The summed E-state index contributed by atoms with van der Waals surface area (Å²) in [6, 6.07) is 7.44. The Balaban J connectivity index is 1.77. The third-order valence-corrected chi connectivity index (χ3v) is 4.63. The normalized spacial score (nSPS) is 22.4. The van der Waals surface area contributed by atoms with Crippen LogP contribution in [-0.2, 0) is 4.74 Å². The quantitative estimate of drug-likeness (QED) is 0.745. The molecule has 2 amide bonds. The summed E-state index contributed by atoms with van der Waals surface area (Å²) in [7, 11) is 1.61. The molecule has 6 heteroatoms. The van der Waals surface area contributed by atoms with Gasteiger partial charge in [0.05, 0.1) is 6.10 Å². The fourth-order valence-corrected chi connectivity index (χ4v) is 3.15. The zero-order valence-corrected chi connectivity index (χ0v) is 14.2. The number of hydrogen-bond acceptors (Lipinski definition) is 3. The van der Waals surface area contributed by atoms with E-state index < -0.39 is 0 Å². The lowest BCUT2D eigenvalue weighted by Crippen LogP contribution is -2.45. The Bertz CT molecular complexity index is 504. The van der Waals surface area contributed by atoms with Crippen molar-refractivity contribution in [2.24, 2.45) is 5.92 Å². The Kier molecular flexibility index (Phi) is 7.15. The summed E-state index contributed by atoms with van der Waals surface area (Å²) in [4.78, 5) is 12.0. The molecule has 23 heavy (non-hydrogen) atoms. The van der Waals surface area contributed by atoms with E-state index in [9.17, 15) is 4.79 Å². The summed E-state index contributed by atoms with van der Waals surface area (Å²) in [6.07, 6.45) is 3.53. The number of rotatable bonds is 6. The van der Waals surface area contributed by atoms with Crippen molar-refractivity contribution in [1.29, 1.82) is 0 Å². The minimum absolute atomic E-state index is 0.179. The number of aliphatic hydroxyl groups is 1. The average molecular weight is 341 g/mol. The molecular weight excluding hydrogens is 316 g/mol. The molecule has 128 valence electrons. The van der Waals surface area contributed by atoms with E-state index in [1.54, 1.807) is 13.2 Å². The van der Waals surface area contributed by atoms with E-state index in [2.05, 4.69) is 10.6 Å². The molecule has 1 aliphatic carbocycles. The first-order chi connectivity index (χ1) is 11.1. The van der Waals surface area contributed by atoms with Crippen molar-refractivity contribution in [2.75, 3.05) is 20.3 Å². The van der Waals surface area contributed by atoms with E-state index in [0.29, 0.717) is 17.5 Å². The molecular formula is C17H25ClN2O3. The summed E-state index contributed by atoms with van der Waals surface area (Å²) in [5, 5.41) is 15.6. The summed E-state index contributed by atoms with van der Waals surface area (Å²) in [5.41, 5.74) is 0.934.